The summed E-state index contributed by atoms with van der Waals surface area (Å²) in [7, 11) is 0. The predicted octanol–water partition coefficient (Wildman–Crippen LogP) is 2.79. The zero-order valence-electron chi connectivity index (χ0n) is 12.0. The predicted molar refractivity (Wildman–Crippen MR) is 79.3 cm³/mol. The number of piperidine rings is 1. The monoisotopic (exact) mass is 262 g/mol. The summed E-state index contributed by atoms with van der Waals surface area (Å²) in [4.78, 5) is 2.48. The largest absolute Gasteiger partial charge is 0.494 e. The lowest BCUT2D eigenvalue weighted by Gasteiger charge is -2.30. The number of hydrogen-bond acceptors (Lipinski definition) is 3. The maximum Gasteiger partial charge on any atom is 0.119 e. The zero-order chi connectivity index (χ0) is 13.5. The van der Waals surface area contributed by atoms with Crippen LogP contribution < -0.4 is 10.5 Å². The average Bonchev–Trinajstić information content (AvgIpc) is 2.44. The first kappa shape index (κ1) is 14.4. The van der Waals surface area contributed by atoms with Crippen molar-refractivity contribution in [3.05, 3.63) is 29.8 Å². The van der Waals surface area contributed by atoms with E-state index in [1.807, 2.05) is 0 Å². The fourth-order valence-corrected chi connectivity index (χ4v) is 2.39. The van der Waals surface area contributed by atoms with E-state index in [2.05, 4.69) is 36.1 Å². The SMILES string of the molecule is CCCCOc1ccc(CN2CCC(N)CC2)cc1. The molecule has 2 rings (SSSR count). The molecule has 19 heavy (non-hydrogen) atoms. The Morgan fingerprint density at radius 3 is 2.53 bits per heavy atom. The molecule has 1 heterocycles. The molecule has 0 spiro atoms. The Hall–Kier alpha value is -1.06. The van der Waals surface area contributed by atoms with E-state index in [9.17, 15) is 0 Å². The van der Waals surface area contributed by atoms with Crippen LogP contribution in [0.3, 0.4) is 0 Å². The van der Waals surface area contributed by atoms with Crippen LogP contribution in [0.25, 0.3) is 0 Å². The summed E-state index contributed by atoms with van der Waals surface area (Å²) in [6.07, 6.45) is 4.54. The summed E-state index contributed by atoms with van der Waals surface area (Å²) in [6, 6.07) is 8.93. The molecule has 0 aliphatic carbocycles. The number of unbranched alkanes of at least 4 members (excludes halogenated alkanes) is 1. The number of likely N-dealkylation sites (tertiary alicyclic amines) is 1. The Morgan fingerprint density at radius 2 is 1.89 bits per heavy atom. The summed E-state index contributed by atoms with van der Waals surface area (Å²) in [5.74, 6) is 0.984. The Bertz CT molecular complexity index is 356. The maximum absolute atomic E-state index is 5.92. The molecule has 1 fully saturated rings. The van der Waals surface area contributed by atoms with Gasteiger partial charge in [0.05, 0.1) is 6.61 Å². The number of nitrogens with zero attached hydrogens (tertiary/aromatic N) is 1. The maximum atomic E-state index is 5.92. The van der Waals surface area contributed by atoms with Gasteiger partial charge in [-0.05, 0) is 50.0 Å². The number of hydrogen-bond donors (Lipinski definition) is 1. The molecule has 2 N–H and O–H groups in total. The number of nitrogens with two attached hydrogens (primary N) is 1. The van der Waals surface area contributed by atoms with Crippen molar-refractivity contribution in [1.82, 2.24) is 4.90 Å². The van der Waals surface area contributed by atoms with Crippen molar-refractivity contribution in [3.63, 3.8) is 0 Å². The van der Waals surface area contributed by atoms with Gasteiger partial charge in [0, 0.05) is 12.6 Å². The summed E-state index contributed by atoms with van der Waals surface area (Å²) in [6.45, 7) is 6.27. The Kier molecular flexibility index (Phi) is 5.67. The number of rotatable bonds is 6. The van der Waals surface area contributed by atoms with E-state index in [1.165, 1.54) is 12.0 Å². The highest BCUT2D eigenvalue weighted by Crippen LogP contribution is 2.16. The second-order valence-electron chi connectivity index (χ2n) is 5.46. The first-order valence-electron chi connectivity index (χ1n) is 7.47. The standard InChI is InChI=1S/C16H26N2O/c1-2-3-12-19-16-6-4-14(5-7-16)13-18-10-8-15(17)9-11-18/h4-7,15H,2-3,8-13,17H2,1H3. The van der Waals surface area contributed by atoms with Crippen LogP contribution in [0, 0.1) is 0 Å². The minimum absolute atomic E-state index is 0.408. The highest BCUT2D eigenvalue weighted by atomic mass is 16.5. The van der Waals surface area contributed by atoms with Crippen LogP contribution in [0.2, 0.25) is 0 Å². The normalized spacial score (nSPS) is 17.6. The average molecular weight is 262 g/mol. The van der Waals surface area contributed by atoms with Gasteiger partial charge < -0.3 is 10.5 Å². The molecule has 1 saturated heterocycles. The molecular weight excluding hydrogens is 236 g/mol. The quantitative estimate of drug-likeness (QED) is 0.801. The summed E-state index contributed by atoms with van der Waals surface area (Å²) < 4.78 is 5.68. The second-order valence-corrected chi connectivity index (χ2v) is 5.46. The molecule has 3 heteroatoms. The van der Waals surface area contributed by atoms with Crippen LogP contribution in [-0.2, 0) is 6.54 Å². The molecule has 106 valence electrons. The van der Waals surface area contributed by atoms with Crippen LogP contribution in [0.5, 0.6) is 5.75 Å². The van der Waals surface area contributed by atoms with Crippen LogP contribution >= 0.6 is 0 Å². The van der Waals surface area contributed by atoms with Crippen LogP contribution in [0.1, 0.15) is 38.2 Å². The molecule has 0 bridgehead atoms. The lowest BCUT2D eigenvalue weighted by atomic mass is 10.1. The molecule has 1 aromatic rings. The molecule has 1 aliphatic rings. The second kappa shape index (κ2) is 7.51. The minimum atomic E-state index is 0.408. The first-order valence-corrected chi connectivity index (χ1v) is 7.47. The molecular formula is C16H26N2O. The summed E-state index contributed by atoms with van der Waals surface area (Å²) >= 11 is 0. The van der Waals surface area contributed by atoms with Crippen LogP contribution in [0.4, 0.5) is 0 Å². The third kappa shape index (κ3) is 4.84. The Labute approximate surface area is 116 Å². The smallest absolute Gasteiger partial charge is 0.119 e. The van der Waals surface area contributed by atoms with Crippen molar-refractivity contribution < 1.29 is 4.74 Å². The fourth-order valence-electron chi connectivity index (χ4n) is 2.39. The van der Waals surface area contributed by atoms with Crippen molar-refractivity contribution >= 4 is 0 Å². The van der Waals surface area contributed by atoms with Gasteiger partial charge in [-0.1, -0.05) is 25.5 Å². The zero-order valence-corrected chi connectivity index (χ0v) is 12.0. The molecule has 1 aromatic carbocycles. The van der Waals surface area contributed by atoms with Crippen molar-refractivity contribution in [2.45, 2.75) is 45.2 Å². The molecule has 0 amide bonds. The summed E-state index contributed by atoms with van der Waals surface area (Å²) in [5, 5.41) is 0. The topological polar surface area (TPSA) is 38.5 Å². The molecule has 0 saturated carbocycles. The third-order valence-electron chi connectivity index (χ3n) is 3.73. The first-order chi connectivity index (χ1) is 9.28. The molecule has 3 nitrogen and oxygen atoms in total. The molecule has 0 unspecified atom stereocenters. The minimum Gasteiger partial charge on any atom is -0.494 e. The van der Waals surface area contributed by atoms with E-state index in [0.717, 1.165) is 51.3 Å². The number of ether oxygens (including phenoxy) is 1. The van der Waals surface area contributed by atoms with E-state index in [4.69, 9.17) is 10.5 Å². The van der Waals surface area contributed by atoms with Gasteiger partial charge in [-0.25, -0.2) is 0 Å². The highest BCUT2D eigenvalue weighted by Gasteiger charge is 2.15. The fraction of sp³-hybridized carbons (Fsp3) is 0.625. The number of benzene rings is 1. The van der Waals surface area contributed by atoms with E-state index < -0.39 is 0 Å². The Morgan fingerprint density at radius 1 is 1.21 bits per heavy atom. The third-order valence-corrected chi connectivity index (χ3v) is 3.73. The van der Waals surface area contributed by atoms with Gasteiger partial charge in [0.1, 0.15) is 5.75 Å². The molecule has 0 radical (unpaired) electrons. The lowest BCUT2D eigenvalue weighted by molar-refractivity contribution is 0.205. The lowest BCUT2D eigenvalue weighted by Crippen LogP contribution is -2.39. The van der Waals surface area contributed by atoms with Gasteiger partial charge in [0.25, 0.3) is 0 Å². The summed E-state index contributed by atoms with van der Waals surface area (Å²) in [5.41, 5.74) is 7.28. The Balaban J connectivity index is 1.78. The highest BCUT2D eigenvalue weighted by molar-refractivity contribution is 5.27. The van der Waals surface area contributed by atoms with E-state index in [0.29, 0.717) is 6.04 Å². The van der Waals surface area contributed by atoms with Gasteiger partial charge in [0.15, 0.2) is 0 Å². The van der Waals surface area contributed by atoms with E-state index >= 15 is 0 Å². The van der Waals surface area contributed by atoms with Gasteiger partial charge in [-0.2, -0.15) is 0 Å². The van der Waals surface area contributed by atoms with Crippen LogP contribution in [-0.4, -0.2) is 30.6 Å². The van der Waals surface area contributed by atoms with Crippen molar-refractivity contribution in [2.75, 3.05) is 19.7 Å². The van der Waals surface area contributed by atoms with Crippen molar-refractivity contribution in [1.29, 1.82) is 0 Å². The van der Waals surface area contributed by atoms with Gasteiger partial charge in [-0.3, -0.25) is 4.90 Å². The van der Waals surface area contributed by atoms with Gasteiger partial charge in [-0.15, -0.1) is 0 Å². The van der Waals surface area contributed by atoms with Crippen molar-refractivity contribution in [3.8, 4) is 5.75 Å². The van der Waals surface area contributed by atoms with E-state index in [-0.39, 0.29) is 0 Å². The molecule has 0 atom stereocenters. The van der Waals surface area contributed by atoms with Gasteiger partial charge in [0.2, 0.25) is 0 Å². The van der Waals surface area contributed by atoms with Gasteiger partial charge >= 0.3 is 0 Å². The van der Waals surface area contributed by atoms with E-state index in [1.54, 1.807) is 0 Å². The van der Waals surface area contributed by atoms with Crippen molar-refractivity contribution in [2.24, 2.45) is 5.73 Å². The molecule has 0 aromatic heterocycles. The molecule has 1 aliphatic heterocycles. The van der Waals surface area contributed by atoms with Crippen LogP contribution in [0.15, 0.2) is 24.3 Å².